The lowest BCUT2D eigenvalue weighted by Crippen LogP contribution is -2.43. The summed E-state index contributed by atoms with van der Waals surface area (Å²) in [6.45, 7) is 2.49. The van der Waals surface area contributed by atoms with E-state index in [4.69, 9.17) is 9.47 Å². The zero-order valence-corrected chi connectivity index (χ0v) is 22.8. The molecule has 2 aromatic heterocycles. The molecule has 4 aromatic rings. The van der Waals surface area contributed by atoms with Gasteiger partial charge in [0, 0.05) is 43.2 Å². The smallest absolute Gasteiger partial charge is 0.266 e. The van der Waals surface area contributed by atoms with E-state index in [0.29, 0.717) is 31.9 Å². The molecule has 0 amide bonds. The standard InChI is InChI=1S/C28H29F2N5O4S/c1-28(38-17-19-6-4-3-5-7-19)11-8-24(20(16-28)23-9-13-33-35(23)2)39-25-14-22(30)26(15-21(25)29)40(36,37)34-27-10-12-31-18-32-27/h3-7,9-10,12-15,18,20,24H,8,11,16-17H2,1-2H3,(H,31,32,34)/t20-,24+,28+/m1/s1. The van der Waals surface area contributed by atoms with Gasteiger partial charge in [0.05, 0.1) is 12.2 Å². The Bertz CT molecular complexity index is 1570. The highest BCUT2D eigenvalue weighted by Crippen LogP contribution is 2.43. The minimum Gasteiger partial charge on any atom is -0.487 e. The van der Waals surface area contributed by atoms with Gasteiger partial charge in [-0.25, -0.2) is 27.2 Å². The lowest BCUT2D eigenvalue weighted by atomic mass is 9.75. The van der Waals surface area contributed by atoms with Gasteiger partial charge in [-0.05, 0) is 43.9 Å². The fraction of sp³-hybridized carbons (Fsp3) is 0.321. The summed E-state index contributed by atoms with van der Waals surface area (Å²) in [6, 6.07) is 14.4. The maximum atomic E-state index is 15.2. The molecule has 0 radical (unpaired) electrons. The number of halogens is 2. The molecular weight excluding hydrogens is 540 g/mol. The van der Waals surface area contributed by atoms with Gasteiger partial charge in [0.15, 0.2) is 11.6 Å². The summed E-state index contributed by atoms with van der Waals surface area (Å²) in [5, 5.41) is 4.28. The number of ether oxygens (including phenoxy) is 2. The molecule has 0 aliphatic heterocycles. The molecule has 1 aliphatic rings. The summed E-state index contributed by atoms with van der Waals surface area (Å²) < 4.78 is 72.0. The predicted molar refractivity (Wildman–Crippen MR) is 143 cm³/mol. The number of nitrogens with zero attached hydrogens (tertiary/aromatic N) is 4. The highest BCUT2D eigenvalue weighted by Gasteiger charge is 2.42. The van der Waals surface area contributed by atoms with Gasteiger partial charge in [0.2, 0.25) is 0 Å². The quantitative estimate of drug-likeness (QED) is 0.303. The van der Waals surface area contributed by atoms with Crippen molar-refractivity contribution < 1.29 is 26.7 Å². The van der Waals surface area contributed by atoms with Crippen LogP contribution in [-0.4, -0.2) is 39.9 Å². The van der Waals surface area contributed by atoms with E-state index in [1.165, 1.54) is 12.3 Å². The van der Waals surface area contributed by atoms with Crippen molar-refractivity contribution in [2.24, 2.45) is 7.05 Å². The molecule has 3 atom stereocenters. The molecule has 5 rings (SSSR count). The first kappa shape index (κ1) is 27.7. The Morgan fingerprint density at radius 1 is 1.10 bits per heavy atom. The number of hydrogen-bond donors (Lipinski definition) is 1. The van der Waals surface area contributed by atoms with Crippen LogP contribution in [0.5, 0.6) is 5.75 Å². The molecule has 9 nitrogen and oxygen atoms in total. The Labute approximate surface area is 231 Å². The van der Waals surface area contributed by atoms with Crippen LogP contribution in [0.2, 0.25) is 0 Å². The van der Waals surface area contributed by atoms with Crippen LogP contribution in [0.1, 0.15) is 43.4 Å². The number of anilines is 1. The summed E-state index contributed by atoms with van der Waals surface area (Å²) in [5.74, 6) is -2.84. The molecule has 0 spiro atoms. The normalized spacial score (nSPS) is 21.2. The van der Waals surface area contributed by atoms with Crippen LogP contribution >= 0.6 is 0 Å². The number of hydrogen-bond acceptors (Lipinski definition) is 7. The van der Waals surface area contributed by atoms with Crippen molar-refractivity contribution in [1.29, 1.82) is 0 Å². The number of aryl methyl sites for hydroxylation is 1. The molecule has 0 bridgehead atoms. The third-order valence-corrected chi connectivity index (χ3v) is 8.47. The predicted octanol–water partition coefficient (Wildman–Crippen LogP) is 4.98. The van der Waals surface area contributed by atoms with E-state index in [1.54, 1.807) is 10.9 Å². The van der Waals surface area contributed by atoms with Crippen LogP contribution in [-0.2, 0) is 28.4 Å². The summed E-state index contributed by atoms with van der Waals surface area (Å²) in [5.41, 5.74) is 1.44. The molecule has 1 saturated carbocycles. The van der Waals surface area contributed by atoms with Crippen LogP contribution in [0.4, 0.5) is 14.6 Å². The molecule has 0 saturated heterocycles. The van der Waals surface area contributed by atoms with Crippen molar-refractivity contribution in [3.8, 4) is 5.75 Å². The van der Waals surface area contributed by atoms with E-state index >= 15 is 8.78 Å². The third kappa shape index (κ3) is 6.13. The molecular formula is C28H29F2N5O4S. The van der Waals surface area contributed by atoms with E-state index in [2.05, 4.69) is 19.8 Å². The number of aromatic nitrogens is 4. The second-order valence-corrected chi connectivity index (χ2v) is 11.7. The van der Waals surface area contributed by atoms with Gasteiger partial charge in [-0.1, -0.05) is 30.3 Å². The lowest BCUT2D eigenvalue weighted by molar-refractivity contribution is -0.0907. The van der Waals surface area contributed by atoms with E-state index in [9.17, 15) is 8.42 Å². The molecule has 2 aromatic carbocycles. The Balaban J connectivity index is 1.37. The SMILES string of the molecule is Cn1nccc1[C@H]1C[C@@](C)(OCc2ccccc2)CC[C@@H]1Oc1cc(F)c(S(=O)(=O)Nc2ccncn2)cc1F. The fourth-order valence-corrected chi connectivity index (χ4v) is 6.09. The lowest BCUT2D eigenvalue weighted by Gasteiger charge is -2.42. The van der Waals surface area contributed by atoms with Gasteiger partial charge in [-0.15, -0.1) is 0 Å². The van der Waals surface area contributed by atoms with Gasteiger partial charge >= 0.3 is 0 Å². The Morgan fingerprint density at radius 3 is 2.60 bits per heavy atom. The fourth-order valence-electron chi connectivity index (χ4n) is 5.01. The Hall–Kier alpha value is -3.90. The van der Waals surface area contributed by atoms with Crippen LogP contribution in [0, 0.1) is 11.6 Å². The van der Waals surface area contributed by atoms with Gasteiger partial charge < -0.3 is 9.47 Å². The van der Waals surface area contributed by atoms with E-state index < -0.39 is 38.3 Å². The molecule has 1 aliphatic carbocycles. The van der Waals surface area contributed by atoms with E-state index in [1.807, 2.05) is 50.4 Å². The molecule has 1 fully saturated rings. The van der Waals surface area contributed by atoms with Crippen LogP contribution < -0.4 is 9.46 Å². The zero-order valence-electron chi connectivity index (χ0n) is 22.0. The highest BCUT2D eigenvalue weighted by atomic mass is 32.2. The minimum absolute atomic E-state index is 0.0751. The number of nitrogens with one attached hydrogen (secondary N) is 1. The largest absolute Gasteiger partial charge is 0.487 e. The minimum atomic E-state index is -4.45. The second-order valence-electron chi connectivity index (χ2n) is 10.0. The van der Waals surface area contributed by atoms with E-state index in [-0.39, 0.29) is 17.5 Å². The van der Waals surface area contributed by atoms with Crippen LogP contribution in [0.25, 0.3) is 0 Å². The molecule has 1 N–H and O–H groups in total. The van der Waals surface area contributed by atoms with Gasteiger partial charge in [0.1, 0.15) is 29.0 Å². The maximum Gasteiger partial charge on any atom is 0.266 e. The first-order valence-electron chi connectivity index (χ1n) is 12.7. The molecule has 12 heteroatoms. The number of sulfonamides is 1. The van der Waals surface area contributed by atoms with Crippen molar-refractivity contribution >= 4 is 15.8 Å². The average Bonchev–Trinajstić information content (AvgIpc) is 3.37. The van der Waals surface area contributed by atoms with Crippen molar-refractivity contribution in [1.82, 2.24) is 19.7 Å². The Kier molecular flexibility index (Phi) is 7.81. The van der Waals surface area contributed by atoms with Crippen molar-refractivity contribution in [3.63, 3.8) is 0 Å². The third-order valence-electron chi connectivity index (χ3n) is 7.10. The number of benzene rings is 2. The first-order valence-corrected chi connectivity index (χ1v) is 14.2. The monoisotopic (exact) mass is 569 g/mol. The van der Waals surface area contributed by atoms with E-state index in [0.717, 1.165) is 23.7 Å². The molecule has 2 heterocycles. The summed E-state index contributed by atoms with van der Waals surface area (Å²) >= 11 is 0. The van der Waals surface area contributed by atoms with Gasteiger partial charge in [0.25, 0.3) is 10.0 Å². The Morgan fingerprint density at radius 2 is 1.90 bits per heavy atom. The van der Waals surface area contributed by atoms with Crippen molar-refractivity contribution in [2.75, 3.05) is 4.72 Å². The molecule has 0 unspecified atom stereocenters. The van der Waals surface area contributed by atoms with Crippen molar-refractivity contribution in [2.45, 2.75) is 55.3 Å². The van der Waals surface area contributed by atoms with Gasteiger partial charge in [-0.3, -0.25) is 9.40 Å². The topological polar surface area (TPSA) is 108 Å². The summed E-state index contributed by atoms with van der Waals surface area (Å²) in [4.78, 5) is 6.60. The van der Waals surface area contributed by atoms with Crippen LogP contribution in [0.3, 0.4) is 0 Å². The maximum absolute atomic E-state index is 15.2. The van der Waals surface area contributed by atoms with Crippen molar-refractivity contribution in [3.05, 3.63) is 96.2 Å². The van der Waals surface area contributed by atoms with Gasteiger partial charge in [-0.2, -0.15) is 5.10 Å². The second kappa shape index (κ2) is 11.3. The molecule has 40 heavy (non-hydrogen) atoms. The average molecular weight is 570 g/mol. The summed E-state index contributed by atoms with van der Waals surface area (Å²) in [7, 11) is -2.64. The first-order chi connectivity index (χ1) is 19.1. The summed E-state index contributed by atoms with van der Waals surface area (Å²) in [6.07, 6.45) is 5.28. The number of rotatable bonds is 9. The highest BCUT2D eigenvalue weighted by molar-refractivity contribution is 7.92. The molecule has 210 valence electrons. The van der Waals surface area contributed by atoms with Crippen LogP contribution in [0.15, 0.2) is 78.2 Å². The zero-order chi connectivity index (χ0) is 28.3.